The molecule has 1 amide bonds. The fourth-order valence-electron chi connectivity index (χ4n) is 9.90. The first-order valence-corrected chi connectivity index (χ1v) is 26.8. The number of morpholine rings is 1. The summed E-state index contributed by atoms with van der Waals surface area (Å²) in [6, 6.07) is 47.9. The minimum absolute atomic E-state index is 0.0601. The number of amides is 1. The molecule has 1 aliphatic heterocycles. The maximum atomic E-state index is 14.5. The molecule has 0 radical (unpaired) electrons. The lowest BCUT2D eigenvalue weighted by Crippen LogP contribution is -2.58. The van der Waals surface area contributed by atoms with Crippen LogP contribution in [0, 0.1) is 0 Å². The zero-order chi connectivity index (χ0) is 51.5. The number of aromatic nitrogens is 3. The quantitative estimate of drug-likeness (QED) is 0.0723. The molecule has 4 atom stereocenters. The molecule has 1 fully saturated rings. The van der Waals surface area contributed by atoms with Crippen LogP contribution >= 0.6 is 18.1 Å². The summed E-state index contributed by atoms with van der Waals surface area (Å²) in [5.41, 5.74) is 5.29. The Kier molecular flexibility index (Phi) is 15.2. The number of halogens is 1. The van der Waals surface area contributed by atoms with Crippen molar-refractivity contribution < 1.29 is 37.6 Å². The average Bonchev–Trinajstić information content (AvgIpc) is 3.90. The molecule has 17 heteroatoms. The lowest BCUT2D eigenvalue weighted by Gasteiger charge is -2.50. The van der Waals surface area contributed by atoms with E-state index in [4.69, 9.17) is 34.7 Å². The molecule has 2 aliphatic rings. The molecule has 15 nitrogen and oxygen atoms in total. The highest BCUT2D eigenvalue weighted by Crippen LogP contribution is 2.54. The van der Waals surface area contributed by atoms with Crippen LogP contribution in [0.5, 0.6) is 0 Å². The van der Waals surface area contributed by atoms with Crippen molar-refractivity contribution >= 4 is 41.3 Å². The third-order valence-corrected chi connectivity index (χ3v) is 15.7. The van der Waals surface area contributed by atoms with E-state index in [1.165, 1.54) is 13.8 Å². The van der Waals surface area contributed by atoms with E-state index >= 15 is 0 Å². The summed E-state index contributed by atoms with van der Waals surface area (Å²) in [6.07, 6.45) is -1.46. The second kappa shape index (κ2) is 21.6. The van der Waals surface area contributed by atoms with Gasteiger partial charge in [-0.2, -0.15) is 4.98 Å². The number of carbonyl (C=O) groups excluding carboxylic acids is 2. The van der Waals surface area contributed by atoms with Gasteiger partial charge in [-0.05, 0) is 98.0 Å². The van der Waals surface area contributed by atoms with Crippen molar-refractivity contribution in [1.29, 1.82) is 0 Å². The minimum Gasteiger partial charge on any atom is -0.449 e. The number of hydrogen-bond acceptors (Lipinski definition) is 11. The first kappa shape index (κ1) is 51.5. The Bertz CT molecular complexity index is 3040. The van der Waals surface area contributed by atoms with E-state index < -0.39 is 54.3 Å². The van der Waals surface area contributed by atoms with Crippen molar-refractivity contribution in [3.63, 3.8) is 0 Å². The van der Waals surface area contributed by atoms with Crippen molar-refractivity contribution in [3.8, 4) is 11.1 Å². The Morgan fingerprint density at radius 2 is 1.37 bits per heavy atom. The largest absolute Gasteiger partial charge is 0.449 e. The van der Waals surface area contributed by atoms with Crippen molar-refractivity contribution in [3.05, 3.63) is 196 Å². The number of hydrogen-bond donors (Lipinski definition) is 1. The van der Waals surface area contributed by atoms with Crippen LogP contribution in [0.3, 0.4) is 0 Å². The predicted molar refractivity (Wildman–Crippen MR) is 281 cm³/mol. The lowest BCUT2D eigenvalue weighted by molar-refractivity contribution is -0.148. The standard InChI is InChI=1S/C56H60ClN6O9P/c1-38(58-53(65)69-37-49-47-28-18-16-26-45(47)46-27-17-19-29-48(46)49)34-68-35-43-30-39-31-62(52(64)59-51(39)63(43)54(66)72-55(2,3)4)50-33-61(32-44(71-50)36-70-73(57,67)60(5)6)56(40-20-10-7-11-21-40,41-22-12-8-13-23-41)42-24-14-9-15-25-42/h7-31,38,44,49-50H,32-37H2,1-6H3,(H,58,65)/t38?,44-,50-,73?/m0/s1. The van der Waals surface area contributed by atoms with Gasteiger partial charge < -0.3 is 28.8 Å². The molecule has 9 rings (SSSR count). The minimum atomic E-state index is -3.74. The van der Waals surface area contributed by atoms with E-state index in [0.29, 0.717) is 11.1 Å². The third-order valence-electron chi connectivity index (χ3n) is 13.1. The smallest absolute Gasteiger partial charge is 0.420 e. The lowest BCUT2D eigenvalue weighted by atomic mass is 9.75. The maximum Gasteiger partial charge on any atom is 0.420 e. The molecule has 2 aromatic heterocycles. The number of nitrogens with one attached hydrogen (secondary N) is 1. The van der Waals surface area contributed by atoms with Crippen LogP contribution in [-0.2, 0) is 40.2 Å². The third kappa shape index (κ3) is 11.0. The molecule has 0 spiro atoms. The van der Waals surface area contributed by atoms with Gasteiger partial charge in [0.15, 0.2) is 11.9 Å². The fraction of sp³-hybridized carbons (Fsp3) is 0.321. The first-order valence-electron chi connectivity index (χ1n) is 24.3. The summed E-state index contributed by atoms with van der Waals surface area (Å²) < 4.78 is 47.8. The van der Waals surface area contributed by atoms with Crippen LogP contribution in [0.4, 0.5) is 9.59 Å². The molecule has 1 N–H and O–H groups in total. The Morgan fingerprint density at radius 1 is 0.822 bits per heavy atom. The predicted octanol–water partition coefficient (Wildman–Crippen LogP) is 10.5. The Hall–Kier alpha value is -6.42. The number of ether oxygens (including phenoxy) is 4. The van der Waals surface area contributed by atoms with Crippen molar-refractivity contribution in [2.24, 2.45) is 0 Å². The summed E-state index contributed by atoms with van der Waals surface area (Å²) in [5.74, 6) is -0.0915. The summed E-state index contributed by atoms with van der Waals surface area (Å²) in [7, 11) is 3.15. The highest BCUT2D eigenvalue weighted by molar-refractivity contribution is 7.83. The van der Waals surface area contributed by atoms with Crippen LogP contribution in [0.2, 0.25) is 0 Å². The van der Waals surface area contributed by atoms with Gasteiger partial charge in [-0.25, -0.2) is 23.6 Å². The van der Waals surface area contributed by atoms with E-state index in [2.05, 4.69) is 75.9 Å². The fourth-order valence-corrected chi connectivity index (χ4v) is 10.6. The maximum absolute atomic E-state index is 14.5. The van der Waals surface area contributed by atoms with Gasteiger partial charge in [0.25, 0.3) is 0 Å². The molecule has 0 bridgehead atoms. The van der Waals surface area contributed by atoms with Gasteiger partial charge >= 0.3 is 24.7 Å². The molecule has 3 heterocycles. The molecule has 7 aromatic rings. The van der Waals surface area contributed by atoms with Crippen molar-refractivity contribution in [2.45, 2.75) is 69.7 Å². The van der Waals surface area contributed by atoms with Crippen LogP contribution < -0.4 is 11.0 Å². The molecule has 5 aromatic carbocycles. The van der Waals surface area contributed by atoms with Gasteiger partial charge in [0.05, 0.1) is 43.2 Å². The van der Waals surface area contributed by atoms with Gasteiger partial charge in [-0.1, -0.05) is 140 Å². The van der Waals surface area contributed by atoms with Crippen molar-refractivity contribution in [1.82, 2.24) is 29.0 Å². The van der Waals surface area contributed by atoms with Crippen LogP contribution in [0.1, 0.15) is 73.4 Å². The molecular formula is C56H60ClN6O9P. The zero-order valence-electron chi connectivity index (χ0n) is 41.7. The summed E-state index contributed by atoms with van der Waals surface area (Å²) >= 11 is 6.42. The van der Waals surface area contributed by atoms with Gasteiger partial charge in [-0.3, -0.25) is 14.0 Å². The van der Waals surface area contributed by atoms with E-state index in [-0.39, 0.29) is 51.1 Å². The monoisotopic (exact) mass is 1030 g/mol. The second-order valence-electron chi connectivity index (χ2n) is 19.6. The van der Waals surface area contributed by atoms with Gasteiger partial charge in [0, 0.05) is 30.6 Å². The van der Waals surface area contributed by atoms with E-state index in [1.807, 2.05) is 78.9 Å². The number of rotatable bonds is 16. The molecule has 380 valence electrons. The van der Waals surface area contributed by atoms with Crippen LogP contribution in [-0.4, -0.2) is 101 Å². The summed E-state index contributed by atoms with van der Waals surface area (Å²) in [6.45, 7) is 3.69. The number of benzene rings is 5. The summed E-state index contributed by atoms with van der Waals surface area (Å²) in [5, 5.41) is 3.29. The second-order valence-corrected chi connectivity index (χ2v) is 22.8. The van der Waals surface area contributed by atoms with Crippen molar-refractivity contribution in [2.75, 3.05) is 47.0 Å². The van der Waals surface area contributed by atoms with Gasteiger partial charge in [-0.15, -0.1) is 0 Å². The van der Waals surface area contributed by atoms with E-state index in [1.54, 1.807) is 54.1 Å². The Morgan fingerprint density at radius 3 is 1.92 bits per heavy atom. The Labute approximate surface area is 429 Å². The Balaban J connectivity index is 1.00. The molecule has 1 aliphatic carbocycles. The van der Waals surface area contributed by atoms with E-state index in [0.717, 1.165) is 38.9 Å². The molecular weight excluding hydrogens is 967 g/mol. The number of nitrogens with zero attached hydrogens (tertiary/aromatic N) is 5. The molecule has 1 saturated heterocycles. The molecule has 0 saturated carbocycles. The van der Waals surface area contributed by atoms with E-state index in [9.17, 15) is 18.9 Å². The zero-order valence-corrected chi connectivity index (χ0v) is 43.4. The number of fused-ring (bicyclic) bond motifs is 4. The molecule has 73 heavy (non-hydrogen) atoms. The first-order chi connectivity index (χ1) is 35.0. The van der Waals surface area contributed by atoms with Crippen LogP contribution in [0.15, 0.2) is 157 Å². The van der Waals surface area contributed by atoms with Gasteiger partial charge in [0.1, 0.15) is 12.2 Å². The highest BCUT2D eigenvalue weighted by atomic mass is 35.7. The topological polar surface area (TPSA) is 156 Å². The normalized spacial score (nSPS) is 17.4. The van der Waals surface area contributed by atoms with Crippen LogP contribution in [0.25, 0.3) is 22.2 Å². The molecule has 2 unspecified atom stereocenters. The number of carbonyl (C=O) groups is 2. The average molecular weight is 1030 g/mol. The number of alkyl carbamates (subject to hydrolysis) is 1. The summed E-state index contributed by atoms with van der Waals surface area (Å²) in [4.78, 5) is 48.5. The highest BCUT2D eigenvalue weighted by Gasteiger charge is 2.47. The SMILES string of the molecule is CC(COCc1cc2cn([C@@H]3CN(C(c4ccccc4)(c4ccccc4)c4ccccc4)C[C@@H](COP(=O)(Cl)N(C)C)O3)c(=O)nc2n1C(=O)OC(C)(C)C)NC(=O)OCC1c2ccccc2-c2ccccc21. The van der Waals surface area contributed by atoms with Gasteiger partial charge in [0.2, 0.25) is 0 Å².